The van der Waals surface area contributed by atoms with Crippen LogP contribution in [0, 0.1) is 12.3 Å². The van der Waals surface area contributed by atoms with E-state index in [4.69, 9.17) is 39.1 Å². The minimum Gasteiger partial charge on any atom is -0.487 e. The Hall–Kier alpha value is -1.71. The molecule has 2 aromatic rings. The maximum atomic E-state index is 7.36. The van der Waals surface area contributed by atoms with E-state index in [0.29, 0.717) is 28.0 Å². The average molecular weight is 309 g/mol. The van der Waals surface area contributed by atoms with Gasteiger partial charge < -0.3 is 10.5 Å². The monoisotopic (exact) mass is 308 g/mol. The highest BCUT2D eigenvalue weighted by molar-refractivity contribution is 6.32. The summed E-state index contributed by atoms with van der Waals surface area (Å²) < 4.78 is 5.68. The summed E-state index contributed by atoms with van der Waals surface area (Å²) in [4.78, 5) is 0. The molecule has 2 aromatic carbocycles. The molecule has 0 unspecified atom stereocenters. The third kappa shape index (κ3) is 3.44. The number of nitrogen functional groups attached to an aromatic ring is 1. The predicted octanol–water partition coefficient (Wildman–Crippen LogP) is 4.16. The number of nitrogens with two attached hydrogens (primary N) is 1. The molecule has 3 nitrogen and oxygen atoms in total. The molecule has 0 aliphatic rings. The lowest BCUT2D eigenvalue weighted by Gasteiger charge is -2.11. The van der Waals surface area contributed by atoms with Gasteiger partial charge in [0.2, 0.25) is 0 Å². The van der Waals surface area contributed by atoms with Gasteiger partial charge in [0.15, 0.2) is 0 Å². The van der Waals surface area contributed by atoms with Gasteiger partial charge in [-0.2, -0.15) is 0 Å². The Kier molecular flexibility index (Phi) is 4.53. The van der Waals surface area contributed by atoms with Gasteiger partial charge in [-0.25, -0.2) is 0 Å². The highest BCUT2D eigenvalue weighted by Crippen LogP contribution is 2.27. The van der Waals surface area contributed by atoms with Crippen molar-refractivity contribution in [3.05, 3.63) is 63.1 Å². The minimum atomic E-state index is -0.0129. The first-order valence-electron chi connectivity index (χ1n) is 5.99. The number of benzene rings is 2. The van der Waals surface area contributed by atoms with Gasteiger partial charge in [-0.3, -0.25) is 5.41 Å². The standard InChI is InChI=1S/C15H14Cl2N2O/c1-9-2-5-12(16)14(6-9)20-8-11-4-3-10(15(18)19)7-13(11)17/h2-7H,8H2,1H3,(H3,18,19). The summed E-state index contributed by atoms with van der Waals surface area (Å²) in [7, 11) is 0. The minimum absolute atomic E-state index is 0.0129. The summed E-state index contributed by atoms with van der Waals surface area (Å²) in [6.07, 6.45) is 0. The predicted molar refractivity (Wildman–Crippen MR) is 83.0 cm³/mol. The van der Waals surface area contributed by atoms with Gasteiger partial charge in [0.1, 0.15) is 18.2 Å². The molecule has 0 aromatic heterocycles. The zero-order valence-corrected chi connectivity index (χ0v) is 12.4. The highest BCUT2D eigenvalue weighted by atomic mass is 35.5. The number of halogens is 2. The van der Waals surface area contributed by atoms with Crippen molar-refractivity contribution in [3.63, 3.8) is 0 Å². The molecule has 0 saturated carbocycles. The molecule has 0 heterocycles. The van der Waals surface area contributed by atoms with E-state index in [-0.39, 0.29) is 5.84 Å². The van der Waals surface area contributed by atoms with Crippen molar-refractivity contribution in [1.29, 1.82) is 5.41 Å². The van der Waals surface area contributed by atoms with Crippen LogP contribution < -0.4 is 10.5 Å². The van der Waals surface area contributed by atoms with Gasteiger partial charge in [-0.1, -0.05) is 41.4 Å². The molecule has 0 fully saturated rings. The zero-order chi connectivity index (χ0) is 14.7. The van der Waals surface area contributed by atoms with E-state index in [0.717, 1.165) is 11.1 Å². The van der Waals surface area contributed by atoms with Gasteiger partial charge in [-0.05, 0) is 30.7 Å². The molecule has 0 saturated heterocycles. The molecule has 104 valence electrons. The van der Waals surface area contributed by atoms with E-state index in [1.807, 2.05) is 19.1 Å². The maximum Gasteiger partial charge on any atom is 0.138 e. The first kappa shape index (κ1) is 14.7. The molecule has 20 heavy (non-hydrogen) atoms. The molecule has 0 amide bonds. The fraction of sp³-hybridized carbons (Fsp3) is 0.133. The van der Waals surface area contributed by atoms with Gasteiger partial charge in [0, 0.05) is 16.1 Å². The molecule has 0 bridgehead atoms. The Bertz CT molecular complexity index is 656. The molecule has 3 N–H and O–H groups in total. The lowest BCUT2D eigenvalue weighted by Crippen LogP contribution is -2.11. The first-order chi connectivity index (χ1) is 9.47. The SMILES string of the molecule is Cc1ccc(Cl)c(OCc2ccc(C(=N)N)cc2Cl)c1. The number of aryl methyl sites for hydroxylation is 1. The van der Waals surface area contributed by atoms with Crippen LogP contribution in [0.4, 0.5) is 0 Å². The fourth-order valence-electron chi connectivity index (χ4n) is 1.71. The van der Waals surface area contributed by atoms with Crippen LogP contribution in [0.1, 0.15) is 16.7 Å². The van der Waals surface area contributed by atoms with E-state index in [2.05, 4.69) is 0 Å². The van der Waals surface area contributed by atoms with Crippen LogP contribution in [0.3, 0.4) is 0 Å². The van der Waals surface area contributed by atoms with Crippen molar-refractivity contribution in [3.8, 4) is 5.75 Å². The normalized spacial score (nSPS) is 10.3. The lowest BCUT2D eigenvalue weighted by molar-refractivity contribution is 0.306. The van der Waals surface area contributed by atoms with Crippen LogP contribution in [0.5, 0.6) is 5.75 Å². The van der Waals surface area contributed by atoms with E-state index in [1.165, 1.54) is 0 Å². The largest absolute Gasteiger partial charge is 0.487 e. The van der Waals surface area contributed by atoms with Crippen LogP contribution in [0.2, 0.25) is 10.0 Å². The van der Waals surface area contributed by atoms with Gasteiger partial charge in [0.05, 0.1) is 5.02 Å². The van der Waals surface area contributed by atoms with Gasteiger partial charge in [-0.15, -0.1) is 0 Å². The number of nitrogens with one attached hydrogen (secondary N) is 1. The van der Waals surface area contributed by atoms with Crippen LogP contribution >= 0.6 is 23.2 Å². The summed E-state index contributed by atoms with van der Waals surface area (Å²) in [5.74, 6) is 0.611. The summed E-state index contributed by atoms with van der Waals surface area (Å²) in [6.45, 7) is 2.28. The van der Waals surface area contributed by atoms with Gasteiger partial charge >= 0.3 is 0 Å². The molecule has 0 atom stereocenters. The van der Waals surface area contributed by atoms with Crippen molar-refractivity contribution in [2.24, 2.45) is 5.73 Å². The molecule has 5 heteroatoms. The summed E-state index contributed by atoms with van der Waals surface area (Å²) in [6, 6.07) is 10.8. The fourth-order valence-corrected chi connectivity index (χ4v) is 2.12. The van der Waals surface area contributed by atoms with E-state index in [9.17, 15) is 0 Å². The van der Waals surface area contributed by atoms with Crippen LogP contribution in [-0.4, -0.2) is 5.84 Å². The molecule has 0 radical (unpaired) electrons. The van der Waals surface area contributed by atoms with Crippen LogP contribution in [-0.2, 0) is 6.61 Å². The van der Waals surface area contributed by atoms with Crippen molar-refractivity contribution in [2.75, 3.05) is 0 Å². The number of amidine groups is 1. The number of ether oxygens (including phenoxy) is 1. The quantitative estimate of drug-likeness (QED) is 0.658. The molecular weight excluding hydrogens is 295 g/mol. The van der Waals surface area contributed by atoms with Crippen LogP contribution in [0.15, 0.2) is 36.4 Å². The Labute approximate surface area is 127 Å². The third-order valence-corrected chi connectivity index (χ3v) is 3.50. The second kappa shape index (κ2) is 6.16. The summed E-state index contributed by atoms with van der Waals surface area (Å²) >= 11 is 12.2. The van der Waals surface area contributed by atoms with Gasteiger partial charge in [0.25, 0.3) is 0 Å². The zero-order valence-electron chi connectivity index (χ0n) is 10.9. The Balaban J connectivity index is 2.15. The second-order valence-electron chi connectivity index (χ2n) is 4.44. The second-order valence-corrected chi connectivity index (χ2v) is 5.26. The Morgan fingerprint density at radius 1 is 1.15 bits per heavy atom. The third-order valence-electron chi connectivity index (χ3n) is 2.83. The number of hydrogen-bond acceptors (Lipinski definition) is 2. The van der Waals surface area contributed by atoms with E-state index < -0.39 is 0 Å². The molecule has 2 rings (SSSR count). The maximum absolute atomic E-state index is 7.36. The molecule has 0 aliphatic heterocycles. The van der Waals surface area contributed by atoms with E-state index in [1.54, 1.807) is 24.3 Å². The first-order valence-corrected chi connectivity index (χ1v) is 6.74. The summed E-state index contributed by atoms with van der Waals surface area (Å²) in [5, 5.41) is 8.44. The van der Waals surface area contributed by atoms with E-state index >= 15 is 0 Å². The average Bonchev–Trinajstić information content (AvgIpc) is 2.40. The van der Waals surface area contributed by atoms with Crippen molar-refractivity contribution in [1.82, 2.24) is 0 Å². The Morgan fingerprint density at radius 3 is 2.55 bits per heavy atom. The Morgan fingerprint density at radius 2 is 1.90 bits per heavy atom. The smallest absolute Gasteiger partial charge is 0.138 e. The molecular formula is C15H14Cl2N2O. The summed E-state index contributed by atoms with van der Waals surface area (Å²) in [5.41, 5.74) is 7.89. The lowest BCUT2D eigenvalue weighted by atomic mass is 10.1. The highest BCUT2D eigenvalue weighted by Gasteiger charge is 2.07. The van der Waals surface area contributed by atoms with Crippen molar-refractivity contribution in [2.45, 2.75) is 13.5 Å². The van der Waals surface area contributed by atoms with Crippen LogP contribution in [0.25, 0.3) is 0 Å². The molecule has 0 aliphatic carbocycles. The number of rotatable bonds is 4. The topological polar surface area (TPSA) is 59.1 Å². The van der Waals surface area contributed by atoms with Crippen molar-refractivity contribution >= 4 is 29.0 Å². The number of hydrogen-bond donors (Lipinski definition) is 2. The van der Waals surface area contributed by atoms with Crippen molar-refractivity contribution < 1.29 is 4.74 Å². The molecule has 0 spiro atoms.